The van der Waals surface area contributed by atoms with Gasteiger partial charge in [0.05, 0.1) is 6.61 Å². The fraction of sp³-hybridized carbons (Fsp3) is 0.667. The highest BCUT2D eigenvalue weighted by Crippen LogP contribution is 2.34. The molecular formula is C18H29NO. The molecule has 2 atom stereocenters. The fourth-order valence-corrected chi connectivity index (χ4v) is 2.68. The zero-order valence-corrected chi connectivity index (χ0v) is 13.0. The number of nitrogens with one attached hydrogen (secondary N) is 1. The Bertz CT molecular complexity index is 374. The standard InChI is InChI=1S/C18H29NO/c1-3-5-6-12-20-17-10-8-15(9-11-17)14-19-18-13-16(18)7-4-2/h8-11,16,18-19H,3-7,12-14H2,1-2H3. The minimum atomic E-state index is 0.764. The van der Waals surface area contributed by atoms with E-state index in [1.807, 2.05) is 0 Å². The molecule has 1 aliphatic carbocycles. The maximum Gasteiger partial charge on any atom is 0.119 e. The van der Waals surface area contributed by atoms with Gasteiger partial charge in [0.15, 0.2) is 0 Å². The average Bonchev–Trinajstić information content (AvgIpc) is 3.21. The van der Waals surface area contributed by atoms with E-state index in [0.29, 0.717) is 0 Å². The van der Waals surface area contributed by atoms with Crippen LogP contribution in [0.3, 0.4) is 0 Å². The summed E-state index contributed by atoms with van der Waals surface area (Å²) in [6.45, 7) is 6.31. The zero-order chi connectivity index (χ0) is 14.2. The van der Waals surface area contributed by atoms with E-state index >= 15 is 0 Å². The molecule has 0 saturated heterocycles. The van der Waals surface area contributed by atoms with E-state index in [1.165, 1.54) is 37.7 Å². The number of hydrogen-bond donors (Lipinski definition) is 1. The lowest BCUT2D eigenvalue weighted by atomic mass is 10.2. The van der Waals surface area contributed by atoms with Gasteiger partial charge in [-0.2, -0.15) is 0 Å². The van der Waals surface area contributed by atoms with Crippen LogP contribution in [0.1, 0.15) is 57.9 Å². The summed E-state index contributed by atoms with van der Waals surface area (Å²) in [7, 11) is 0. The molecule has 1 aromatic carbocycles. The number of rotatable bonds is 10. The molecule has 2 unspecified atom stereocenters. The van der Waals surface area contributed by atoms with Gasteiger partial charge in [-0.3, -0.25) is 0 Å². The van der Waals surface area contributed by atoms with Gasteiger partial charge in [-0.25, -0.2) is 0 Å². The summed E-state index contributed by atoms with van der Waals surface area (Å²) in [6, 6.07) is 9.32. The summed E-state index contributed by atoms with van der Waals surface area (Å²) in [5, 5.41) is 3.65. The third kappa shape index (κ3) is 5.16. The first-order valence-electron chi connectivity index (χ1n) is 8.28. The Kier molecular flexibility index (Phi) is 6.38. The molecule has 1 fully saturated rings. The summed E-state index contributed by atoms with van der Waals surface area (Å²) >= 11 is 0. The van der Waals surface area contributed by atoms with Crippen molar-refractivity contribution >= 4 is 0 Å². The maximum absolute atomic E-state index is 5.73. The predicted octanol–water partition coefficient (Wildman–Crippen LogP) is 4.53. The van der Waals surface area contributed by atoms with Gasteiger partial charge in [0.2, 0.25) is 0 Å². The van der Waals surface area contributed by atoms with Crippen molar-refractivity contribution in [3.8, 4) is 5.75 Å². The van der Waals surface area contributed by atoms with E-state index in [2.05, 4.69) is 43.4 Å². The maximum atomic E-state index is 5.73. The molecular weight excluding hydrogens is 246 g/mol. The van der Waals surface area contributed by atoms with E-state index in [9.17, 15) is 0 Å². The Hall–Kier alpha value is -1.02. The van der Waals surface area contributed by atoms with Crippen LogP contribution in [0.2, 0.25) is 0 Å². The highest BCUT2D eigenvalue weighted by Gasteiger charge is 2.35. The molecule has 2 rings (SSSR count). The van der Waals surface area contributed by atoms with Crippen molar-refractivity contribution in [2.75, 3.05) is 6.61 Å². The van der Waals surface area contributed by atoms with Crippen molar-refractivity contribution in [3.63, 3.8) is 0 Å². The number of hydrogen-bond acceptors (Lipinski definition) is 2. The van der Waals surface area contributed by atoms with Crippen LogP contribution in [-0.2, 0) is 6.54 Å². The molecule has 2 heteroatoms. The van der Waals surface area contributed by atoms with Crippen molar-refractivity contribution in [2.45, 2.75) is 65.0 Å². The Labute approximate surface area is 123 Å². The predicted molar refractivity (Wildman–Crippen MR) is 85.1 cm³/mol. The smallest absolute Gasteiger partial charge is 0.119 e. The van der Waals surface area contributed by atoms with E-state index in [0.717, 1.165) is 37.3 Å². The third-order valence-corrected chi connectivity index (χ3v) is 4.09. The highest BCUT2D eigenvalue weighted by molar-refractivity contribution is 5.27. The van der Waals surface area contributed by atoms with Gasteiger partial charge in [0.1, 0.15) is 5.75 Å². The second-order valence-corrected chi connectivity index (χ2v) is 5.97. The second-order valence-electron chi connectivity index (χ2n) is 5.97. The minimum Gasteiger partial charge on any atom is -0.494 e. The number of benzene rings is 1. The number of unbranched alkanes of at least 4 members (excludes halogenated alkanes) is 2. The molecule has 2 nitrogen and oxygen atoms in total. The largest absolute Gasteiger partial charge is 0.494 e. The summed E-state index contributed by atoms with van der Waals surface area (Å²) in [4.78, 5) is 0. The first-order chi connectivity index (χ1) is 9.83. The lowest BCUT2D eigenvalue weighted by Gasteiger charge is -2.08. The van der Waals surface area contributed by atoms with Crippen LogP contribution in [0, 0.1) is 5.92 Å². The van der Waals surface area contributed by atoms with Crippen LogP contribution in [0.15, 0.2) is 24.3 Å². The average molecular weight is 275 g/mol. The van der Waals surface area contributed by atoms with Gasteiger partial charge in [-0.15, -0.1) is 0 Å². The molecule has 1 aliphatic rings. The molecule has 0 aliphatic heterocycles. The lowest BCUT2D eigenvalue weighted by molar-refractivity contribution is 0.306. The van der Waals surface area contributed by atoms with Gasteiger partial charge in [-0.1, -0.05) is 45.2 Å². The first kappa shape index (κ1) is 15.4. The lowest BCUT2D eigenvalue weighted by Crippen LogP contribution is -2.17. The topological polar surface area (TPSA) is 21.3 Å². The molecule has 0 heterocycles. The summed E-state index contributed by atoms with van der Waals surface area (Å²) in [5.74, 6) is 1.93. The molecule has 1 N–H and O–H groups in total. The van der Waals surface area contributed by atoms with Crippen molar-refractivity contribution in [3.05, 3.63) is 29.8 Å². The van der Waals surface area contributed by atoms with E-state index in [4.69, 9.17) is 4.74 Å². The Morgan fingerprint density at radius 3 is 2.60 bits per heavy atom. The van der Waals surface area contributed by atoms with Crippen LogP contribution in [0.25, 0.3) is 0 Å². The Morgan fingerprint density at radius 2 is 1.90 bits per heavy atom. The van der Waals surface area contributed by atoms with Crippen molar-refractivity contribution in [1.82, 2.24) is 5.32 Å². The monoisotopic (exact) mass is 275 g/mol. The fourth-order valence-electron chi connectivity index (χ4n) is 2.68. The molecule has 0 radical (unpaired) electrons. The van der Waals surface area contributed by atoms with Gasteiger partial charge in [0, 0.05) is 12.6 Å². The molecule has 0 aromatic heterocycles. The van der Waals surface area contributed by atoms with E-state index in [1.54, 1.807) is 0 Å². The Balaban J connectivity index is 1.64. The SMILES string of the molecule is CCCCCOc1ccc(CNC2CC2CCC)cc1. The van der Waals surface area contributed by atoms with Crippen molar-refractivity contribution in [1.29, 1.82) is 0 Å². The summed E-state index contributed by atoms with van der Waals surface area (Å²) < 4.78 is 5.73. The third-order valence-electron chi connectivity index (χ3n) is 4.09. The first-order valence-corrected chi connectivity index (χ1v) is 8.28. The molecule has 0 spiro atoms. The van der Waals surface area contributed by atoms with Crippen LogP contribution in [0.5, 0.6) is 5.75 Å². The summed E-state index contributed by atoms with van der Waals surface area (Å²) in [6.07, 6.45) is 7.71. The Morgan fingerprint density at radius 1 is 1.10 bits per heavy atom. The molecule has 0 amide bonds. The van der Waals surface area contributed by atoms with E-state index in [-0.39, 0.29) is 0 Å². The molecule has 0 bridgehead atoms. The normalized spacial score (nSPS) is 20.9. The molecule has 20 heavy (non-hydrogen) atoms. The van der Waals surface area contributed by atoms with Gasteiger partial charge in [0.25, 0.3) is 0 Å². The van der Waals surface area contributed by atoms with Crippen molar-refractivity contribution in [2.24, 2.45) is 5.92 Å². The highest BCUT2D eigenvalue weighted by atomic mass is 16.5. The summed E-state index contributed by atoms with van der Waals surface area (Å²) in [5.41, 5.74) is 1.35. The number of ether oxygens (including phenoxy) is 1. The van der Waals surface area contributed by atoms with E-state index < -0.39 is 0 Å². The molecule has 1 saturated carbocycles. The van der Waals surface area contributed by atoms with Crippen LogP contribution in [-0.4, -0.2) is 12.6 Å². The second kappa shape index (κ2) is 8.31. The minimum absolute atomic E-state index is 0.764. The van der Waals surface area contributed by atoms with Crippen LogP contribution in [0.4, 0.5) is 0 Å². The zero-order valence-electron chi connectivity index (χ0n) is 13.0. The molecule has 112 valence electrons. The van der Waals surface area contributed by atoms with Gasteiger partial charge < -0.3 is 10.1 Å². The van der Waals surface area contributed by atoms with Crippen LogP contribution >= 0.6 is 0 Å². The quantitative estimate of drug-likeness (QED) is 0.633. The van der Waals surface area contributed by atoms with Gasteiger partial charge >= 0.3 is 0 Å². The molecule has 1 aromatic rings. The van der Waals surface area contributed by atoms with Crippen molar-refractivity contribution < 1.29 is 4.74 Å². The van der Waals surface area contributed by atoms with Gasteiger partial charge in [-0.05, 0) is 42.9 Å². The van der Waals surface area contributed by atoms with Crippen LogP contribution < -0.4 is 10.1 Å².